The van der Waals surface area contributed by atoms with E-state index in [1.165, 1.54) is 19.3 Å². The van der Waals surface area contributed by atoms with E-state index in [-0.39, 0.29) is 11.8 Å². The molecular formula is C21H25NO. The zero-order chi connectivity index (χ0) is 16.1. The van der Waals surface area contributed by atoms with Gasteiger partial charge in [-0.25, -0.2) is 0 Å². The quantitative estimate of drug-likeness (QED) is 0.884. The van der Waals surface area contributed by atoms with Crippen molar-refractivity contribution in [3.05, 3.63) is 71.8 Å². The zero-order valence-electron chi connectivity index (χ0n) is 13.7. The van der Waals surface area contributed by atoms with Gasteiger partial charge in [-0.15, -0.1) is 0 Å². The van der Waals surface area contributed by atoms with E-state index in [4.69, 9.17) is 0 Å². The molecule has 1 N–H and O–H groups in total. The summed E-state index contributed by atoms with van der Waals surface area (Å²) in [7, 11) is 0. The molecule has 1 saturated carbocycles. The molecule has 1 fully saturated rings. The molecule has 2 nitrogen and oxygen atoms in total. The number of carbonyl (C=O) groups is 1. The Kier molecular flexibility index (Phi) is 5.12. The van der Waals surface area contributed by atoms with E-state index in [1.54, 1.807) is 0 Å². The van der Waals surface area contributed by atoms with Crippen LogP contribution in [0.25, 0.3) is 0 Å². The van der Waals surface area contributed by atoms with Crippen LogP contribution in [-0.2, 0) is 4.79 Å². The monoisotopic (exact) mass is 307 g/mol. The van der Waals surface area contributed by atoms with Crippen LogP contribution in [0, 0.1) is 5.92 Å². The number of carbonyl (C=O) groups excluding carboxylic acids is 1. The molecule has 0 radical (unpaired) electrons. The van der Waals surface area contributed by atoms with Gasteiger partial charge in [0.25, 0.3) is 0 Å². The molecule has 0 saturated heterocycles. The van der Waals surface area contributed by atoms with Crippen LogP contribution in [0.2, 0.25) is 0 Å². The molecule has 0 aromatic heterocycles. The predicted octanol–water partition coefficient (Wildman–Crippen LogP) is 4.51. The standard InChI is InChI=1S/C21H25NO/c1-16-10-8-9-15-19(16)22-21(23)20(17-11-4-2-5-12-17)18-13-6-3-7-14-18/h2-7,11-14,16,19-20H,8-10,15H2,1H3,(H,22,23)/t16-,19-/m1/s1. The first-order valence-corrected chi connectivity index (χ1v) is 8.66. The minimum absolute atomic E-state index is 0.126. The summed E-state index contributed by atoms with van der Waals surface area (Å²) in [5.41, 5.74) is 2.11. The van der Waals surface area contributed by atoms with E-state index in [0.717, 1.165) is 17.5 Å². The molecular weight excluding hydrogens is 282 g/mol. The van der Waals surface area contributed by atoms with Crippen molar-refractivity contribution in [2.75, 3.05) is 0 Å². The van der Waals surface area contributed by atoms with E-state index in [0.29, 0.717) is 12.0 Å². The lowest BCUT2D eigenvalue weighted by molar-refractivity contribution is -0.123. The second-order valence-electron chi connectivity index (χ2n) is 6.63. The SMILES string of the molecule is C[C@@H]1CCCC[C@H]1NC(=O)C(c1ccccc1)c1ccccc1. The maximum atomic E-state index is 13.0. The average molecular weight is 307 g/mol. The number of nitrogens with one attached hydrogen (secondary N) is 1. The van der Waals surface area contributed by atoms with Gasteiger partial charge in [-0.05, 0) is 29.9 Å². The fraction of sp³-hybridized carbons (Fsp3) is 0.381. The highest BCUT2D eigenvalue weighted by molar-refractivity contribution is 5.87. The van der Waals surface area contributed by atoms with Gasteiger partial charge in [-0.3, -0.25) is 4.79 Å². The molecule has 0 unspecified atom stereocenters. The van der Waals surface area contributed by atoms with Crippen LogP contribution in [0.1, 0.15) is 49.7 Å². The van der Waals surface area contributed by atoms with Crippen molar-refractivity contribution in [3.8, 4) is 0 Å². The normalized spacial score (nSPS) is 21.1. The van der Waals surface area contributed by atoms with Crippen molar-refractivity contribution in [2.24, 2.45) is 5.92 Å². The van der Waals surface area contributed by atoms with Gasteiger partial charge in [-0.2, -0.15) is 0 Å². The van der Waals surface area contributed by atoms with Crippen molar-refractivity contribution in [1.29, 1.82) is 0 Å². The van der Waals surface area contributed by atoms with E-state index in [1.807, 2.05) is 60.7 Å². The van der Waals surface area contributed by atoms with Gasteiger partial charge in [0.15, 0.2) is 0 Å². The van der Waals surface area contributed by atoms with Gasteiger partial charge in [0.1, 0.15) is 0 Å². The van der Waals surface area contributed by atoms with Crippen LogP contribution in [0.4, 0.5) is 0 Å². The van der Waals surface area contributed by atoms with Crippen molar-refractivity contribution in [1.82, 2.24) is 5.32 Å². The van der Waals surface area contributed by atoms with Gasteiger partial charge < -0.3 is 5.32 Å². The van der Waals surface area contributed by atoms with Gasteiger partial charge in [-0.1, -0.05) is 80.4 Å². The van der Waals surface area contributed by atoms with Crippen LogP contribution in [0.5, 0.6) is 0 Å². The summed E-state index contributed by atoms with van der Waals surface area (Å²) in [6.07, 6.45) is 4.82. The Hall–Kier alpha value is -2.09. The highest BCUT2D eigenvalue weighted by Gasteiger charge is 2.28. The first-order chi connectivity index (χ1) is 11.3. The Bertz CT molecular complexity index is 583. The third-order valence-corrected chi connectivity index (χ3v) is 4.97. The smallest absolute Gasteiger partial charge is 0.232 e. The molecule has 0 spiro atoms. The van der Waals surface area contributed by atoms with Crippen LogP contribution in [0.3, 0.4) is 0 Å². The first kappa shape index (κ1) is 15.8. The highest BCUT2D eigenvalue weighted by atomic mass is 16.1. The number of amides is 1. The lowest BCUT2D eigenvalue weighted by atomic mass is 9.84. The van der Waals surface area contributed by atoms with Crippen molar-refractivity contribution >= 4 is 5.91 Å². The molecule has 3 rings (SSSR count). The molecule has 2 aromatic rings. The third-order valence-electron chi connectivity index (χ3n) is 4.97. The third kappa shape index (κ3) is 3.82. The van der Waals surface area contributed by atoms with Crippen LogP contribution in [-0.4, -0.2) is 11.9 Å². The van der Waals surface area contributed by atoms with E-state index >= 15 is 0 Å². The van der Waals surface area contributed by atoms with Gasteiger partial charge >= 0.3 is 0 Å². The molecule has 120 valence electrons. The summed E-state index contributed by atoms with van der Waals surface area (Å²) in [6.45, 7) is 2.25. The fourth-order valence-corrected chi connectivity index (χ4v) is 3.58. The maximum Gasteiger partial charge on any atom is 0.232 e. The largest absolute Gasteiger partial charge is 0.352 e. The van der Waals surface area contributed by atoms with E-state index < -0.39 is 0 Å². The number of hydrogen-bond donors (Lipinski definition) is 1. The highest BCUT2D eigenvalue weighted by Crippen LogP contribution is 2.28. The van der Waals surface area contributed by atoms with Crippen LogP contribution in [0.15, 0.2) is 60.7 Å². The number of hydrogen-bond acceptors (Lipinski definition) is 1. The molecule has 1 aliphatic carbocycles. The van der Waals surface area contributed by atoms with Crippen LogP contribution >= 0.6 is 0 Å². The summed E-state index contributed by atoms with van der Waals surface area (Å²) >= 11 is 0. The predicted molar refractivity (Wildman–Crippen MR) is 94.3 cm³/mol. The number of benzene rings is 2. The zero-order valence-corrected chi connectivity index (χ0v) is 13.7. The molecule has 1 aliphatic rings. The van der Waals surface area contributed by atoms with Gasteiger partial charge in [0, 0.05) is 6.04 Å². The fourth-order valence-electron chi connectivity index (χ4n) is 3.58. The Morgan fingerprint density at radius 2 is 1.43 bits per heavy atom. The molecule has 0 bridgehead atoms. The second kappa shape index (κ2) is 7.45. The van der Waals surface area contributed by atoms with Gasteiger partial charge in [0.2, 0.25) is 5.91 Å². The van der Waals surface area contributed by atoms with E-state index in [2.05, 4.69) is 12.2 Å². The molecule has 0 aliphatic heterocycles. The Balaban J connectivity index is 1.85. The maximum absolute atomic E-state index is 13.0. The topological polar surface area (TPSA) is 29.1 Å². The Morgan fingerprint density at radius 3 is 1.96 bits per heavy atom. The Labute approximate surface area is 138 Å². The van der Waals surface area contributed by atoms with Crippen molar-refractivity contribution in [3.63, 3.8) is 0 Å². The average Bonchev–Trinajstić information content (AvgIpc) is 2.59. The summed E-state index contributed by atoms with van der Waals surface area (Å²) in [5.74, 6) is 0.465. The lowest BCUT2D eigenvalue weighted by Gasteiger charge is -2.31. The van der Waals surface area contributed by atoms with Crippen molar-refractivity contribution in [2.45, 2.75) is 44.6 Å². The molecule has 0 heterocycles. The summed E-state index contributed by atoms with van der Waals surface area (Å²) in [6, 6.07) is 20.5. The molecule has 1 amide bonds. The summed E-state index contributed by atoms with van der Waals surface area (Å²) < 4.78 is 0. The van der Waals surface area contributed by atoms with Crippen LogP contribution < -0.4 is 5.32 Å². The Morgan fingerprint density at radius 1 is 0.913 bits per heavy atom. The molecule has 2 heteroatoms. The van der Waals surface area contributed by atoms with Crippen molar-refractivity contribution < 1.29 is 4.79 Å². The minimum atomic E-state index is -0.230. The second-order valence-corrected chi connectivity index (χ2v) is 6.63. The number of rotatable bonds is 4. The van der Waals surface area contributed by atoms with E-state index in [9.17, 15) is 4.79 Å². The first-order valence-electron chi connectivity index (χ1n) is 8.66. The molecule has 2 aromatic carbocycles. The molecule has 2 atom stereocenters. The lowest BCUT2D eigenvalue weighted by Crippen LogP contribution is -2.43. The summed E-state index contributed by atoms with van der Waals surface area (Å²) in [5, 5.41) is 3.33. The van der Waals surface area contributed by atoms with Gasteiger partial charge in [0.05, 0.1) is 5.92 Å². The molecule has 23 heavy (non-hydrogen) atoms. The summed E-state index contributed by atoms with van der Waals surface area (Å²) in [4.78, 5) is 13.0. The minimum Gasteiger partial charge on any atom is -0.352 e.